The van der Waals surface area contributed by atoms with Gasteiger partial charge in [0.1, 0.15) is 6.04 Å². The second-order valence-electron chi connectivity index (χ2n) is 3.42. The highest BCUT2D eigenvalue weighted by Crippen LogP contribution is 2.29. The highest BCUT2D eigenvalue weighted by molar-refractivity contribution is 6.31. The van der Waals surface area contributed by atoms with E-state index in [0.717, 1.165) is 0 Å². The highest BCUT2D eigenvalue weighted by Gasteiger charge is 2.38. The Balaban J connectivity index is 2.73. The van der Waals surface area contributed by atoms with Crippen molar-refractivity contribution in [1.29, 1.82) is 0 Å². The summed E-state index contributed by atoms with van der Waals surface area (Å²) in [5.41, 5.74) is 5.16. The average Bonchev–Trinajstić information content (AvgIpc) is 2.16. The third-order valence-corrected chi connectivity index (χ3v) is 2.51. The van der Waals surface area contributed by atoms with Crippen LogP contribution >= 0.6 is 11.6 Å². The molecule has 2 atom stereocenters. The van der Waals surface area contributed by atoms with E-state index in [-0.39, 0.29) is 10.6 Å². The number of nitrogens with two attached hydrogens (primary N) is 1. The summed E-state index contributed by atoms with van der Waals surface area (Å²) in [7, 11) is 0. The summed E-state index contributed by atoms with van der Waals surface area (Å²) in [6, 6.07) is 4.12. The van der Waals surface area contributed by atoms with Crippen molar-refractivity contribution < 1.29 is 18.3 Å². The zero-order valence-electron chi connectivity index (χ0n) is 8.21. The number of aliphatic hydroxyl groups is 1. The van der Waals surface area contributed by atoms with Crippen LogP contribution in [-0.4, -0.2) is 17.3 Å². The molecule has 1 aromatic rings. The SMILES string of the molecule is N[C@H](C[C@H](O)c1ccccc1Cl)C(F)(F)F. The molecule has 0 aliphatic rings. The van der Waals surface area contributed by atoms with Gasteiger partial charge in [-0.05, 0) is 11.6 Å². The maximum Gasteiger partial charge on any atom is 0.403 e. The third kappa shape index (κ3) is 3.37. The lowest BCUT2D eigenvalue weighted by Crippen LogP contribution is -2.38. The minimum Gasteiger partial charge on any atom is -0.388 e. The van der Waals surface area contributed by atoms with Crippen molar-refractivity contribution in [3.05, 3.63) is 34.9 Å². The van der Waals surface area contributed by atoms with Crippen molar-refractivity contribution in [2.24, 2.45) is 5.73 Å². The number of aliphatic hydroxyl groups excluding tert-OH is 1. The number of hydrogen-bond donors (Lipinski definition) is 2. The Kier molecular flexibility index (Phi) is 4.18. The Hall–Kier alpha value is -0.780. The summed E-state index contributed by atoms with van der Waals surface area (Å²) < 4.78 is 36.5. The van der Waals surface area contributed by atoms with Crippen molar-refractivity contribution in [2.45, 2.75) is 24.7 Å². The van der Waals surface area contributed by atoms with E-state index in [1.54, 1.807) is 12.1 Å². The second-order valence-corrected chi connectivity index (χ2v) is 3.83. The molecule has 1 rings (SSSR count). The van der Waals surface area contributed by atoms with Crippen LogP contribution in [0.4, 0.5) is 13.2 Å². The molecule has 0 heterocycles. The first-order valence-corrected chi connectivity index (χ1v) is 4.95. The van der Waals surface area contributed by atoms with Gasteiger partial charge in [0.15, 0.2) is 0 Å². The van der Waals surface area contributed by atoms with Gasteiger partial charge in [0.2, 0.25) is 0 Å². The Morgan fingerprint density at radius 1 is 1.31 bits per heavy atom. The summed E-state index contributed by atoms with van der Waals surface area (Å²) in [4.78, 5) is 0. The maximum atomic E-state index is 12.2. The third-order valence-electron chi connectivity index (χ3n) is 2.16. The van der Waals surface area contributed by atoms with Gasteiger partial charge in [-0.3, -0.25) is 0 Å². The van der Waals surface area contributed by atoms with Crippen molar-refractivity contribution in [3.63, 3.8) is 0 Å². The Labute approximate surface area is 95.8 Å². The first kappa shape index (κ1) is 13.3. The van der Waals surface area contributed by atoms with E-state index < -0.39 is 24.7 Å². The minimum absolute atomic E-state index is 0.226. The van der Waals surface area contributed by atoms with Gasteiger partial charge in [-0.2, -0.15) is 13.2 Å². The van der Waals surface area contributed by atoms with E-state index in [1.165, 1.54) is 12.1 Å². The average molecular weight is 254 g/mol. The lowest BCUT2D eigenvalue weighted by atomic mass is 10.0. The number of benzene rings is 1. The number of alkyl halides is 3. The van der Waals surface area contributed by atoms with E-state index >= 15 is 0 Å². The van der Waals surface area contributed by atoms with Gasteiger partial charge < -0.3 is 10.8 Å². The predicted octanol–water partition coefficient (Wildman–Crippen LogP) is 2.65. The molecule has 0 fully saturated rings. The lowest BCUT2D eigenvalue weighted by Gasteiger charge is -2.19. The van der Waals surface area contributed by atoms with Gasteiger partial charge in [0.05, 0.1) is 6.10 Å². The zero-order valence-corrected chi connectivity index (χ0v) is 8.96. The standard InChI is InChI=1S/C10H11ClF3NO/c11-7-4-2-1-3-6(7)8(16)5-9(15)10(12,13)14/h1-4,8-9,16H,5,15H2/t8-,9+/m0/s1. The summed E-state index contributed by atoms with van der Waals surface area (Å²) in [6.45, 7) is 0. The van der Waals surface area contributed by atoms with Crippen LogP contribution < -0.4 is 5.73 Å². The van der Waals surface area contributed by atoms with E-state index in [2.05, 4.69) is 0 Å². The molecule has 0 radical (unpaired) electrons. The summed E-state index contributed by atoms with van der Waals surface area (Å²) >= 11 is 5.73. The smallest absolute Gasteiger partial charge is 0.388 e. The fraction of sp³-hybridized carbons (Fsp3) is 0.400. The molecule has 90 valence electrons. The van der Waals surface area contributed by atoms with E-state index in [9.17, 15) is 18.3 Å². The van der Waals surface area contributed by atoms with Crippen LogP contribution in [-0.2, 0) is 0 Å². The van der Waals surface area contributed by atoms with Crippen molar-refractivity contribution in [2.75, 3.05) is 0 Å². The van der Waals surface area contributed by atoms with Gasteiger partial charge >= 0.3 is 6.18 Å². The van der Waals surface area contributed by atoms with Crippen LogP contribution in [0.1, 0.15) is 18.1 Å². The summed E-state index contributed by atoms with van der Waals surface area (Å²) in [6.07, 6.45) is -6.43. The minimum atomic E-state index is -4.51. The fourth-order valence-electron chi connectivity index (χ4n) is 1.25. The van der Waals surface area contributed by atoms with E-state index in [4.69, 9.17) is 17.3 Å². The summed E-state index contributed by atoms with van der Waals surface area (Å²) in [5.74, 6) is 0. The van der Waals surface area contributed by atoms with Gasteiger partial charge in [-0.25, -0.2) is 0 Å². The van der Waals surface area contributed by atoms with Gasteiger partial charge in [-0.15, -0.1) is 0 Å². The largest absolute Gasteiger partial charge is 0.403 e. The second kappa shape index (κ2) is 5.03. The summed E-state index contributed by atoms with van der Waals surface area (Å²) in [5, 5.41) is 9.80. The predicted molar refractivity (Wildman–Crippen MR) is 55.1 cm³/mol. The monoisotopic (exact) mass is 253 g/mol. The molecule has 0 saturated carbocycles. The molecule has 0 aliphatic carbocycles. The molecule has 0 aromatic heterocycles. The molecule has 0 saturated heterocycles. The molecule has 6 heteroatoms. The van der Waals surface area contributed by atoms with Gasteiger partial charge in [0.25, 0.3) is 0 Å². The number of rotatable bonds is 3. The molecular formula is C10H11ClF3NO. The van der Waals surface area contributed by atoms with Crippen LogP contribution in [0.15, 0.2) is 24.3 Å². The Morgan fingerprint density at radius 3 is 2.38 bits per heavy atom. The van der Waals surface area contributed by atoms with Crippen molar-refractivity contribution >= 4 is 11.6 Å². The molecule has 0 unspecified atom stereocenters. The van der Waals surface area contributed by atoms with E-state index in [0.29, 0.717) is 0 Å². The van der Waals surface area contributed by atoms with Crippen LogP contribution in [0.25, 0.3) is 0 Å². The fourth-order valence-corrected chi connectivity index (χ4v) is 1.51. The molecule has 2 nitrogen and oxygen atoms in total. The van der Waals surface area contributed by atoms with Crippen LogP contribution in [0.3, 0.4) is 0 Å². The maximum absolute atomic E-state index is 12.2. The van der Waals surface area contributed by atoms with Gasteiger partial charge in [-0.1, -0.05) is 29.8 Å². The molecule has 0 spiro atoms. The van der Waals surface area contributed by atoms with E-state index in [1.807, 2.05) is 0 Å². The molecule has 0 aliphatic heterocycles. The van der Waals surface area contributed by atoms with Crippen LogP contribution in [0.2, 0.25) is 5.02 Å². The quantitative estimate of drug-likeness (QED) is 0.870. The van der Waals surface area contributed by atoms with Crippen molar-refractivity contribution in [3.8, 4) is 0 Å². The lowest BCUT2D eigenvalue weighted by molar-refractivity contribution is -0.153. The first-order valence-electron chi connectivity index (χ1n) is 4.57. The Morgan fingerprint density at radius 2 is 1.88 bits per heavy atom. The normalized spacial score (nSPS) is 15.9. The molecule has 16 heavy (non-hydrogen) atoms. The Bertz CT molecular complexity index is 356. The number of halogens is 4. The topological polar surface area (TPSA) is 46.2 Å². The zero-order chi connectivity index (χ0) is 12.3. The molecule has 0 amide bonds. The van der Waals surface area contributed by atoms with Gasteiger partial charge in [0, 0.05) is 11.4 Å². The molecule has 0 bridgehead atoms. The highest BCUT2D eigenvalue weighted by atomic mass is 35.5. The molecule has 3 N–H and O–H groups in total. The van der Waals surface area contributed by atoms with Crippen LogP contribution in [0, 0.1) is 0 Å². The first-order chi connectivity index (χ1) is 7.32. The van der Waals surface area contributed by atoms with Crippen molar-refractivity contribution in [1.82, 2.24) is 0 Å². The number of hydrogen-bond acceptors (Lipinski definition) is 2. The molecule has 1 aromatic carbocycles. The molecular weight excluding hydrogens is 243 g/mol. The van der Waals surface area contributed by atoms with Crippen LogP contribution in [0.5, 0.6) is 0 Å².